The van der Waals surface area contributed by atoms with Gasteiger partial charge in [0.2, 0.25) is 0 Å². The third kappa shape index (κ3) is 7.73. The van der Waals surface area contributed by atoms with Gasteiger partial charge in [0, 0.05) is 23.9 Å². The van der Waals surface area contributed by atoms with Crippen LogP contribution in [0.15, 0.2) is 0 Å². The molecule has 1 aliphatic rings. The van der Waals surface area contributed by atoms with Crippen molar-refractivity contribution in [3.63, 3.8) is 0 Å². The van der Waals surface area contributed by atoms with Crippen molar-refractivity contribution in [1.82, 2.24) is 10.6 Å². The maximum absolute atomic E-state index is 11.8. The lowest BCUT2D eigenvalue weighted by molar-refractivity contribution is 0.0510. The van der Waals surface area contributed by atoms with Crippen molar-refractivity contribution in [3.8, 4) is 0 Å². The average molecular weight is 331 g/mol. The molecule has 4 nitrogen and oxygen atoms in total. The number of amides is 1. The zero-order valence-electron chi connectivity index (χ0n) is 15.1. The van der Waals surface area contributed by atoms with Gasteiger partial charge >= 0.3 is 6.09 Å². The summed E-state index contributed by atoms with van der Waals surface area (Å²) in [6, 6.07) is 0.495. The summed E-state index contributed by atoms with van der Waals surface area (Å²) in [6.07, 6.45) is 6.76. The fourth-order valence-corrected chi connectivity index (χ4v) is 2.93. The van der Waals surface area contributed by atoms with E-state index in [0.717, 1.165) is 6.54 Å². The van der Waals surface area contributed by atoms with Gasteiger partial charge in [-0.25, -0.2) is 4.79 Å². The molecule has 1 rings (SSSR count). The molecule has 0 aromatic heterocycles. The Bertz CT molecular complexity index is 353. The first-order valence-electron chi connectivity index (χ1n) is 8.38. The normalized spacial score (nSPS) is 23.2. The summed E-state index contributed by atoms with van der Waals surface area (Å²) in [5, 5.41) is 6.67. The van der Waals surface area contributed by atoms with Crippen molar-refractivity contribution in [3.05, 3.63) is 0 Å². The maximum Gasteiger partial charge on any atom is 0.407 e. The Balaban J connectivity index is 2.43. The van der Waals surface area contributed by atoms with E-state index < -0.39 is 5.60 Å². The number of hydrogen-bond donors (Lipinski definition) is 2. The number of ether oxygens (including phenoxy) is 1. The molecule has 1 fully saturated rings. The van der Waals surface area contributed by atoms with Crippen LogP contribution in [0.5, 0.6) is 0 Å². The van der Waals surface area contributed by atoms with E-state index >= 15 is 0 Å². The third-order valence-electron chi connectivity index (χ3n) is 4.16. The minimum Gasteiger partial charge on any atom is -0.444 e. The molecule has 0 aromatic rings. The van der Waals surface area contributed by atoms with Gasteiger partial charge < -0.3 is 15.4 Å². The summed E-state index contributed by atoms with van der Waals surface area (Å²) in [5.74, 6) is 0.499. The Morgan fingerprint density at radius 2 is 1.82 bits per heavy atom. The fraction of sp³-hybridized carbons (Fsp3) is 0.941. The van der Waals surface area contributed by atoms with Crippen molar-refractivity contribution in [2.45, 2.75) is 76.7 Å². The SMILES string of the molecule is CSC(C)(C)CNC1CCCCC1CNC(=O)OC(C)(C)C. The highest BCUT2D eigenvalue weighted by Crippen LogP contribution is 2.26. The van der Waals surface area contributed by atoms with Gasteiger partial charge in [0.25, 0.3) is 0 Å². The summed E-state index contributed by atoms with van der Waals surface area (Å²) in [4.78, 5) is 11.8. The van der Waals surface area contributed by atoms with Gasteiger partial charge in [-0.1, -0.05) is 12.8 Å². The second-order valence-electron chi connectivity index (χ2n) is 7.88. The summed E-state index contributed by atoms with van der Waals surface area (Å²) in [7, 11) is 0. The molecule has 2 atom stereocenters. The lowest BCUT2D eigenvalue weighted by Gasteiger charge is -2.35. The lowest BCUT2D eigenvalue weighted by atomic mass is 9.84. The first kappa shape index (κ1) is 19.6. The molecule has 0 radical (unpaired) electrons. The number of hydrogen-bond acceptors (Lipinski definition) is 4. The van der Waals surface area contributed by atoms with E-state index in [0.29, 0.717) is 18.5 Å². The van der Waals surface area contributed by atoms with Gasteiger partial charge in [-0.3, -0.25) is 0 Å². The quantitative estimate of drug-likeness (QED) is 0.778. The molecular formula is C17H34N2O2S. The molecule has 0 aromatic carbocycles. The molecule has 1 saturated carbocycles. The second-order valence-corrected chi connectivity index (χ2v) is 9.39. The topological polar surface area (TPSA) is 50.4 Å². The zero-order valence-corrected chi connectivity index (χ0v) is 15.9. The number of alkyl carbamates (subject to hydrolysis) is 1. The number of thioether (sulfide) groups is 1. The van der Waals surface area contributed by atoms with Crippen molar-refractivity contribution >= 4 is 17.9 Å². The van der Waals surface area contributed by atoms with Crippen LogP contribution in [-0.2, 0) is 4.74 Å². The highest BCUT2D eigenvalue weighted by Gasteiger charge is 2.28. The van der Waals surface area contributed by atoms with Crippen LogP contribution in [0.2, 0.25) is 0 Å². The first-order valence-corrected chi connectivity index (χ1v) is 9.61. The van der Waals surface area contributed by atoms with E-state index in [1.807, 2.05) is 32.5 Å². The smallest absolute Gasteiger partial charge is 0.407 e. The van der Waals surface area contributed by atoms with E-state index in [1.54, 1.807) is 0 Å². The van der Waals surface area contributed by atoms with Crippen LogP contribution < -0.4 is 10.6 Å². The third-order valence-corrected chi connectivity index (χ3v) is 5.41. The predicted molar refractivity (Wildman–Crippen MR) is 95.6 cm³/mol. The van der Waals surface area contributed by atoms with Gasteiger partial charge in [-0.2, -0.15) is 11.8 Å². The molecule has 1 amide bonds. The zero-order chi connectivity index (χ0) is 16.8. The summed E-state index contributed by atoms with van der Waals surface area (Å²) >= 11 is 1.89. The van der Waals surface area contributed by atoms with E-state index in [1.165, 1.54) is 25.7 Å². The Labute approximate surface area is 140 Å². The maximum atomic E-state index is 11.8. The Morgan fingerprint density at radius 1 is 1.18 bits per heavy atom. The van der Waals surface area contributed by atoms with Crippen molar-refractivity contribution in [2.24, 2.45) is 5.92 Å². The summed E-state index contributed by atoms with van der Waals surface area (Å²) in [6.45, 7) is 11.9. The first-order chi connectivity index (χ1) is 10.1. The van der Waals surface area contributed by atoms with Crippen LogP contribution >= 0.6 is 11.8 Å². The molecule has 1 aliphatic carbocycles. The number of rotatable bonds is 6. The molecular weight excluding hydrogens is 296 g/mol. The molecule has 0 saturated heterocycles. The van der Waals surface area contributed by atoms with Crippen molar-refractivity contribution in [2.75, 3.05) is 19.3 Å². The number of carbonyl (C=O) groups excluding carboxylic acids is 1. The van der Waals surface area contributed by atoms with Gasteiger partial charge in [-0.15, -0.1) is 0 Å². The highest BCUT2D eigenvalue weighted by molar-refractivity contribution is 7.99. The van der Waals surface area contributed by atoms with Gasteiger partial charge in [0.15, 0.2) is 0 Å². The van der Waals surface area contributed by atoms with Crippen LogP contribution in [0.25, 0.3) is 0 Å². The molecule has 2 N–H and O–H groups in total. The average Bonchev–Trinajstić information content (AvgIpc) is 2.42. The monoisotopic (exact) mass is 330 g/mol. The van der Waals surface area contributed by atoms with Gasteiger partial charge in [0.05, 0.1) is 0 Å². The van der Waals surface area contributed by atoms with Crippen molar-refractivity contribution < 1.29 is 9.53 Å². The summed E-state index contributed by atoms with van der Waals surface area (Å²) in [5.41, 5.74) is -0.434. The standard InChI is InChI=1S/C17H34N2O2S/c1-16(2,3)21-15(20)18-11-13-9-7-8-10-14(13)19-12-17(4,5)22-6/h13-14,19H,7-12H2,1-6H3,(H,18,20). The number of carbonyl (C=O) groups is 1. The van der Waals surface area contributed by atoms with Crippen LogP contribution in [-0.4, -0.2) is 41.8 Å². The summed E-state index contributed by atoms with van der Waals surface area (Å²) < 4.78 is 5.57. The molecule has 0 spiro atoms. The fourth-order valence-electron chi connectivity index (χ4n) is 2.70. The van der Waals surface area contributed by atoms with Crippen LogP contribution in [0.4, 0.5) is 4.79 Å². The predicted octanol–water partition coefficient (Wildman–Crippen LogP) is 3.80. The molecule has 5 heteroatoms. The van der Waals surface area contributed by atoms with E-state index in [4.69, 9.17) is 4.74 Å². The van der Waals surface area contributed by atoms with E-state index in [9.17, 15) is 4.79 Å². The molecule has 0 bridgehead atoms. The molecule has 130 valence electrons. The second kappa shape index (κ2) is 8.44. The Kier molecular flexibility index (Phi) is 7.53. The van der Waals surface area contributed by atoms with E-state index in [-0.39, 0.29) is 10.8 Å². The van der Waals surface area contributed by atoms with Crippen LogP contribution in [0.3, 0.4) is 0 Å². The Hall–Kier alpha value is -0.420. The van der Waals surface area contributed by atoms with Crippen LogP contribution in [0.1, 0.15) is 60.3 Å². The molecule has 0 heterocycles. The van der Waals surface area contributed by atoms with Crippen molar-refractivity contribution in [1.29, 1.82) is 0 Å². The van der Waals surface area contributed by atoms with Gasteiger partial charge in [-0.05, 0) is 59.6 Å². The van der Waals surface area contributed by atoms with Crippen LogP contribution in [0, 0.1) is 5.92 Å². The molecule has 22 heavy (non-hydrogen) atoms. The highest BCUT2D eigenvalue weighted by atomic mass is 32.2. The molecule has 0 aliphatic heterocycles. The largest absolute Gasteiger partial charge is 0.444 e. The Morgan fingerprint density at radius 3 is 2.41 bits per heavy atom. The minimum absolute atomic E-state index is 0.251. The van der Waals surface area contributed by atoms with E-state index in [2.05, 4.69) is 30.7 Å². The lowest BCUT2D eigenvalue weighted by Crippen LogP contribution is -2.48. The minimum atomic E-state index is -0.434. The van der Waals surface area contributed by atoms with Gasteiger partial charge in [0.1, 0.15) is 5.60 Å². The molecule has 2 unspecified atom stereocenters. The number of nitrogens with one attached hydrogen (secondary N) is 2.